The van der Waals surface area contributed by atoms with E-state index in [4.69, 9.17) is 9.47 Å². The number of nitrogens with zero attached hydrogens (tertiary/aromatic N) is 5. The monoisotopic (exact) mass is 492 g/mol. The van der Waals surface area contributed by atoms with Crippen molar-refractivity contribution in [1.82, 2.24) is 24.6 Å². The molecule has 35 heavy (non-hydrogen) atoms. The van der Waals surface area contributed by atoms with Crippen LogP contribution in [0.3, 0.4) is 0 Å². The molecule has 11 heteroatoms. The first-order valence-corrected chi connectivity index (χ1v) is 11.4. The maximum Gasteiger partial charge on any atom is 0.389 e. The summed E-state index contributed by atoms with van der Waals surface area (Å²) < 4.78 is 51.1. The summed E-state index contributed by atoms with van der Waals surface area (Å²) in [6, 6.07) is 7.30. The molecule has 0 saturated carbocycles. The molecular weight excluding hydrogens is 461 g/mol. The number of alkyl halides is 3. The molecule has 0 saturated heterocycles. The Morgan fingerprint density at radius 2 is 1.83 bits per heavy atom. The first-order valence-electron chi connectivity index (χ1n) is 11.4. The lowest BCUT2D eigenvalue weighted by molar-refractivity contribution is -0.139. The number of aryl methyl sites for hydroxylation is 1. The van der Waals surface area contributed by atoms with Crippen LogP contribution in [0.25, 0.3) is 11.1 Å². The van der Waals surface area contributed by atoms with Gasteiger partial charge in [-0.05, 0) is 37.7 Å². The Morgan fingerprint density at radius 3 is 2.49 bits per heavy atom. The third-order valence-electron chi connectivity index (χ3n) is 5.25. The SMILES string of the molecule is CC.COc1nc(Nc2ccc3c(n2)OC(CCC(F)(F)F)CN(C)C3)ccc1-c1cnn(C)c1. The average Bonchev–Trinajstić information content (AvgIpc) is 3.18. The minimum Gasteiger partial charge on any atom is -0.480 e. The molecule has 0 amide bonds. The van der Waals surface area contributed by atoms with Gasteiger partial charge in [0.2, 0.25) is 11.8 Å². The van der Waals surface area contributed by atoms with E-state index in [2.05, 4.69) is 20.4 Å². The van der Waals surface area contributed by atoms with E-state index in [-0.39, 0.29) is 6.42 Å². The van der Waals surface area contributed by atoms with Gasteiger partial charge in [-0.2, -0.15) is 28.2 Å². The van der Waals surface area contributed by atoms with Gasteiger partial charge in [0.15, 0.2) is 0 Å². The topological polar surface area (TPSA) is 77.3 Å². The normalized spacial score (nSPS) is 15.8. The van der Waals surface area contributed by atoms with Crippen molar-refractivity contribution in [2.24, 2.45) is 7.05 Å². The predicted molar refractivity (Wildman–Crippen MR) is 128 cm³/mol. The molecule has 1 aliphatic heterocycles. The smallest absolute Gasteiger partial charge is 0.389 e. The van der Waals surface area contributed by atoms with Crippen molar-refractivity contribution in [3.63, 3.8) is 0 Å². The van der Waals surface area contributed by atoms with Crippen LogP contribution in [0.15, 0.2) is 36.7 Å². The molecule has 8 nitrogen and oxygen atoms in total. The average molecular weight is 493 g/mol. The van der Waals surface area contributed by atoms with Crippen LogP contribution in [0.5, 0.6) is 11.8 Å². The first-order chi connectivity index (χ1) is 16.7. The second-order valence-electron chi connectivity index (χ2n) is 8.03. The minimum atomic E-state index is -4.22. The van der Waals surface area contributed by atoms with Gasteiger partial charge in [-0.1, -0.05) is 13.8 Å². The van der Waals surface area contributed by atoms with Crippen LogP contribution in [0.1, 0.15) is 32.3 Å². The minimum absolute atomic E-state index is 0.124. The summed E-state index contributed by atoms with van der Waals surface area (Å²) in [5, 5.41) is 7.29. The summed E-state index contributed by atoms with van der Waals surface area (Å²) in [5.74, 6) is 1.73. The number of aromatic nitrogens is 4. The number of methoxy groups -OCH3 is 1. The predicted octanol–water partition coefficient (Wildman–Crippen LogP) is 5.19. The molecule has 1 aliphatic rings. The summed E-state index contributed by atoms with van der Waals surface area (Å²) >= 11 is 0. The zero-order valence-electron chi connectivity index (χ0n) is 20.6. The van der Waals surface area contributed by atoms with Gasteiger partial charge < -0.3 is 14.8 Å². The Kier molecular flexibility index (Phi) is 8.55. The zero-order chi connectivity index (χ0) is 25.6. The standard InChI is InChI=1S/C22H25F3N6O2.C2H6/c1-30-11-14-4-6-18(28-20(14)33-16(13-30)8-9-22(23,24)25)27-19-7-5-17(21(29-19)32-3)15-10-26-31(2)12-15;1-2/h4-7,10,12,16H,8-9,11,13H2,1-3H3,(H,27,28,29);1-2H3. The number of hydrogen-bond acceptors (Lipinski definition) is 7. The fourth-order valence-corrected chi connectivity index (χ4v) is 3.71. The third kappa shape index (κ3) is 7.08. The van der Waals surface area contributed by atoms with Crippen LogP contribution in [0.2, 0.25) is 0 Å². The molecule has 0 spiro atoms. The van der Waals surface area contributed by atoms with E-state index in [1.807, 2.05) is 51.2 Å². The molecule has 3 aromatic rings. The highest BCUT2D eigenvalue weighted by Crippen LogP contribution is 2.32. The molecule has 3 aromatic heterocycles. The number of hydrogen-bond donors (Lipinski definition) is 1. The van der Waals surface area contributed by atoms with Crippen molar-refractivity contribution in [2.75, 3.05) is 26.0 Å². The number of halogens is 3. The summed E-state index contributed by atoms with van der Waals surface area (Å²) in [5.41, 5.74) is 2.49. The maximum atomic E-state index is 12.7. The highest BCUT2D eigenvalue weighted by molar-refractivity contribution is 5.70. The lowest BCUT2D eigenvalue weighted by Crippen LogP contribution is -2.31. The van der Waals surface area contributed by atoms with Crippen LogP contribution in [0.4, 0.5) is 24.8 Å². The van der Waals surface area contributed by atoms with Crippen LogP contribution < -0.4 is 14.8 Å². The van der Waals surface area contributed by atoms with Crippen molar-refractivity contribution in [1.29, 1.82) is 0 Å². The van der Waals surface area contributed by atoms with Crippen LogP contribution >= 0.6 is 0 Å². The van der Waals surface area contributed by atoms with Gasteiger partial charge in [-0.25, -0.2) is 0 Å². The number of pyridine rings is 2. The molecule has 1 N–H and O–H groups in total. The molecule has 4 rings (SSSR count). The van der Waals surface area contributed by atoms with Crippen LogP contribution in [-0.4, -0.2) is 57.6 Å². The van der Waals surface area contributed by atoms with E-state index < -0.39 is 18.7 Å². The van der Waals surface area contributed by atoms with Crippen LogP contribution in [-0.2, 0) is 13.6 Å². The number of anilines is 2. The van der Waals surface area contributed by atoms with Crippen molar-refractivity contribution in [3.8, 4) is 22.9 Å². The fourth-order valence-electron chi connectivity index (χ4n) is 3.71. The fraction of sp³-hybridized carbons (Fsp3) is 0.458. The number of ether oxygens (including phenoxy) is 2. The summed E-state index contributed by atoms with van der Waals surface area (Å²) in [6.45, 7) is 4.93. The van der Waals surface area contributed by atoms with Gasteiger partial charge in [-0.15, -0.1) is 0 Å². The number of rotatable bonds is 6. The van der Waals surface area contributed by atoms with E-state index in [0.29, 0.717) is 36.5 Å². The number of likely N-dealkylation sites (N-methyl/N-ethyl adjacent to an activating group) is 1. The summed E-state index contributed by atoms with van der Waals surface area (Å²) in [7, 11) is 5.22. The highest BCUT2D eigenvalue weighted by atomic mass is 19.4. The quantitative estimate of drug-likeness (QED) is 0.507. The second kappa shape index (κ2) is 11.4. The van der Waals surface area contributed by atoms with Gasteiger partial charge in [0.05, 0.1) is 13.3 Å². The molecule has 4 heterocycles. The Labute approximate surface area is 203 Å². The Hall–Kier alpha value is -3.34. The van der Waals surface area contributed by atoms with Gasteiger partial charge in [-0.3, -0.25) is 9.58 Å². The van der Waals surface area contributed by atoms with Gasteiger partial charge in [0, 0.05) is 49.4 Å². The molecule has 0 fully saturated rings. The van der Waals surface area contributed by atoms with Crippen molar-refractivity contribution >= 4 is 11.6 Å². The lowest BCUT2D eigenvalue weighted by Gasteiger charge is -2.20. The van der Waals surface area contributed by atoms with Crippen molar-refractivity contribution < 1.29 is 22.6 Å². The molecule has 0 bridgehead atoms. The summed E-state index contributed by atoms with van der Waals surface area (Å²) in [4.78, 5) is 10.9. The van der Waals surface area contributed by atoms with Gasteiger partial charge in [0.1, 0.15) is 17.7 Å². The van der Waals surface area contributed by atoms with Crippen LogP contribution in [0, 0.1) is 0 Å². The molecule has 0 aliphatic carbocycles. The molecule has 0 aromatic carbocycles. The Morgan fingerprint density at radius 1 is 1.11 bits per heavy atom. The third-order valence-corrected chi connectivity index (χ3v) is 5.25. The molecule has 1 unspecified atom stereocenters. The largest absolute Gasteiger partial charge is 0.480 e. The van der Waals surface area contributed by atoms with Crippen molar-refractivity contribution in [2.45, 2.75) is 45.5 Å². The Bertz CT molecular complexity index is 1120. The van der Waals surface area contributed by atoms with E-state index in [9.17, 15) is 13.2 Å². The van der Waals surface area contributed by atoms with E-state index in [0.717, 1.165) is 16.7 Å². The Balaban J connectivity index is 0.00000167. The lowest BCUT2D eigenvalue weighted by atomic mass is 10.1. The van der Waals surface area contributed by atoms with Gasteiger partial charge >= 0.3 is 6.18 Å². The first kappa shape index (κ1) is 26.3. The number of nitrogens with one attached hydrogen (secondary N) is 1. The maximum absolute atomic E-state index is 12.7. The molecular formula is C24H31F3N6O2. The van der Waals surface area contributed by atoms with Crippen molar-refractivity contribution in [3.05, 3.63) is 42.2 Å². The zero-order valence-corrected chi connectivity index (χ0v) is 20.6. The van der Waals surface area contributed by atoms with Gasteiger partial charge in [0.25, 0.3) is 0 Å². The number of fused-ring (bicyclic) bond motifs is 1. The van der Waals surface area contributed by atoms with E-state index >= 15 is 0 Å². The highest BCUT2D eigenvalue weighted by Gasteiger charge is 2.31. The molecule has 0 radical (unpaired) electrons. The molecule has 1 atom stereocenters. The van der Waals surface area contributed by atoms with E-state index in [1.165, 1.54) is 7.11 Å². The summed E-state index contributed by atoms with van der Waals surface area (Å²) in [6.07, 6.45) is -2.25. The van der Waals surface area contributed by atoms with E-state index in [1.54, 1.807) is 23.0 Å². The second-order valence-corrected chi connectivity index (χ2v) is 8.03. The molecule has 190 valence electrons.